The number of hydrogen-bond acceptors (Lipinski definition) is 5. The second-order valence-electron chi connectivity index (χ2n) is 4.40. The van der Waals surface area contributed by atoms with Crippen molar-refractivity contribution in [2.24, 2.45) is 7.05 Å². The summed E-state index contributed by atoms with van der Waals surface area (Å²) in [5.41, 5.74) is -0.699. The van der Waals surface area contributed by atoms with Crippen LogP contribution < -0.4 is 21.9 Å². The number of piperazine rings is 1. The summed E-state index contributed by atoms with van der Waals surface area (Å²) in [7, 11) is 1.45. The van der Waals surface area contributed by atoms with Crippen LogP contribution >= 0.6 is 0 Å². The fourth-order valence-electron chi connectivity index (χ4n) is 1.93. The Morgan fingerprint density at radius 1 is 1.33 bits per heavy atom. The Morgan fingerprint density at radius 2 is 2.06 bits per heavy atom. The molecule has 1 aliphatic heterocycles. The minimum absolute atomic E-state index is 0.302. The van der Waals surface area contributed by atoms with Gasteiger partial charge in [0.2, 0.25) is 0 Å². The van der Waals surface area contributed by atoms with Gasteiger partial charge in [-0.05, 0) is 0 Å². The van der Waals surface area contributed by atoms with Gasteiger partial charge in [-0.2, -0.15) is 0 Å². The van der Waals surface area contributed by atoms with Gasteiger partial charge in [-0.1, -0.05) is 0 Å². The van der Waals surface area contributed by atoms with Crippen LogP contribution in [0.4, 0.5) is 5.82 Å². The first kappa shape index (κ1) is 12.8. The molecular formula is C11H19N5O2. The number of nitrogens with one attached hydrogen (secondary N) is 3. The third-order valence-electron chi connectivity index (χ3n) is 3.10. The fraction of sp³-hybridized carbons (Fsp3) is 0.636. The Kier molecular flexibility index (Phi) is 4.16. The van der Waals surface area contributed by atoms with Gasteiger partial charge >= 0.3 is 5.69 Å². The average Bonchev–Trinajstić information content (AvgIpc) is 2.37. The summed E-state index contributed by atoms with van der Waals surface area (Å²) in [4.78, 5) is 27.7. The predicted octanol–water partition coefficient (Wildman–Crippen LogP) is -1.61. The Balaban J connectivity index is 1.86. The maximum atomic E-state index is 11.4. The smallest absolute Gasteiger partial charge is 0.329 e. The van der Waals surface area contributed by atoms with Gasteiger partial charge in [-0.15, -0.1) is 0 Å². The standard InChI is InChI=1S/C11H19N5O2/c1-15-10(17)8-9(14-11(15)18)13-4-7-16-5-2-12-3-6-16/h8,12-13H,2-7H2,1H3,(H,14,18). The van der Waals surface area contributed by atoms with E-state index in [4.69, 9.17) is 0 Å². The molecule has 0 radical (unpaired) electrons. The van der Waals surface area contributed by atoms with Crippen LogP contribution in [-0.4, -0.2) is 53.7 Å². The highest BCUT2D eigenvalue weighted by Crippen LogP contribution is 1.95. The van der Waals surface area contributed by atoms with E-state index < -0.39 is 5.69 Å². The monoisotopic (exact) mass is 253 g/mol. The molecule has 0 amide bonds. The van der Waals surface area contributed by atoms with E-state index in [-0.39, 0.29) is 5.56 Å². The molecule has 18 heavy (non-hydrogen) atoms. The highest BCUT2D eigenvalue weighted by Gasteiger charge is 2.08. The summed E-state index contributed by atoms with van der Waals surface area (Å²) >= 11 is 0. The van der Waals surface area contributed by atoms with Gasteiger partial charge in [0.05, 0.1) is 0 Å². The van der Waals surface area contributed by atoms with Crippen molar-refractivity contribution in [2.45, 2.75) is 0 Å². The minimum atomic E-state index is -0.396. The molecule has 7 heteroatoms. The predicted molar refractivity (Wildman–Crippen MR) is 70.1 cm³/mol. The molecule has 1 saturated heterocycles. The van der Waals surface area contributed by atoms with E-state index in [0.29, 0.717) is 12.4 Å². The molecule has 100 valence electrons. The van der Waals surface area contributed by atoms with Crippen LogP contribution in [-0.2, 0) is 7.05 Å². The van der Waals surface area contributed by atoms with Crippen LogP contribution in [0.5, 0.6) is 0 Å². The molecule has 0 atom stereocenters. The average molecular weight is 253 g/mol. The number of rotatable bonds is 4. The second-order valence-corrected chi connectivity index (χ2v) is 4.40. The van der Waals surface area contributed by atoms with E-state index in [0.717, 1.165) is 37.3 Å². The zero-order valence-electron chi connectivity index (χ0n) is 10.5. The van der Waals surface area contributed by atoms with E-state index in [2.05, 4.69) is 20.5 Å². The van der Waals surface area contributed by atoms with Crippen molar-refractivity contribution in [3.63, 3.8) is 0 Å². The molecule has 1 aliphatic rings. The van der Waals surface area contributed by atoms with Crippen LogP contribution in [0, 0.1) is 0 Å². The Labute approximate surface area is 105 Å². The normalized spacial score (nSPS) is 16.7. The summed E-state index contributed by atoms with van der Waals surface area (Å²) in [5.74, 6) is 0.484. The molecular weight excluding hydrogens is 234 g/mol. The molecule has 1 aromatic heterocycles. The molecule has 3 N–H and O–H groups in total. The van der Waals surface area contributed by atoms with E-state index in [1.165, 1.54) is 13.1 Å². The van der Waals surface area contributed by atoms with Crippen molar-refractivity contribution in [2.75, 3.05) is 44.6 Å². The molecule has 0 spiro atoms. The van der Waals surface area contributed by atoms with Gasteiger partial charge in [0.15, 0.2) is 0 Å². The summed E-state index contributed by atoms with van der Waals surface area (Å²) in [6, 6.07) is 1.40. The van der Waals surface area contributed by atoms with Crippen molar-refractivity contribution in [1.29, 1.82) is 0 Å². The Bertz CT molecular complexity index is 470. The van der Waals surface area contributed by atoms with Crippen LogP contribution in [0.2, 0.25) is 0 Å². The molecule has 1 aromatic rings. The maximum absolute atomic E-state index is 11.4. The Morgan fingerprint density at radius 3 is 2.72 bits per heavy atom. The van der Waals surface area contributed by atoms with E-state index in [9.17, 15) is 9.59 Å². The van der Waals surface area contributed by atoms with Gasteiger partial charge in [-0.25, -0.2) is 4.79 Å². The number of hydrogen-bond donors (Lipinski definition) is 3. The lowest BCUT2D eigenvalue weighted by molar-refractivity contribution is 0.249. The highest BCUT2D eigenvalue weighted by atomic mass is 16.2. The van der Waals surface area contributed by atoms with E-state index in [1.807, 2.05) is 0 Å². The molecule has 0 bridgehead atoms. The molecule has 7 nitrogen and oxygen atoms in total. The van der Waals surface area contributed by atoms with Crippen molar-refractivity contribution in [3.05, 3.63) is 26.9 Å². The molecule has 1 fully saturated rings. The topological polar surface area (TPSA) is 82.2 Å². The van der Waals surface area contributed by atoms with Crippen molar-refractivity contribution < 1.29 is 0 Å². The van der Waals surface area contributed by atoms with E-state index >= 15 is 0 Å². The summed E-state index contributed by atoms with van der Waals surface area (Å²) in [6.07, 6.45) is 0. The van der Waals surface area contributed by atoms with Crippen molar-refractivity contribution in [1.82, 2.24) is 19.8 Å². The molecule has 0 unspecified atom stereocenters. The number of H-pyrrole nitrogens is 1. The molecule has 0 aliphatic carbocycles. The molecule has 0 aromatic carbocycles. The third kappa shape index (κ3) is 3.21. The lowest BCUT2D eigenvalue weighted by Crippen LogP contribution is -2.45. The van der Waals surface area contributed by atoms with Crippen molar-refractivity contribution >= 4 is 5.82 Å². The van der Waals surface area contributed by atoms with Gasteiger partial charge in [0, 0.05) is 52.4 Å². The van der Waals surface area contributed by atoms with Gasteiger partial charge in [0.1, 0.15) is 5.82 Å². The number of aromatic nitrogens is 2. The molecule has 0 saturated carbocycles. The zero-order valence-corrected chi connectivity index (χ0v) is 10.5. The lowest BCUT2D eigenvalue weighted by Gasteiger charge is -2.27. The summed E-state index contributed by atoms with van der Waals surface area (Å²) in [5, 5.41) is 6.36. The number of aromatic amines is 1. The number of anilines is 1. The van der Waals surface area contributed by atoms with E-state index in [1.54, 1.807) is 0 Å². The molecule has 2 heterocycles. The van der Waals surface area contributed by atoms with Crippen LogP contribution in [0.1, 0.15) is 0 Å². The van der Waals surface area contributed by atoms with Crippen LogP contribution in [0.25, 0.3) is 0 Å². The summed E-state index contributed by atoms with van der Waals surface area (Å²) < 4.78 is 1.04. The first-order valence-corrected chi connectivity index (χ1v) is 6.14. The SMILES string of the molecule is Cn1c(=O)cc(NCCN2CCNCC2)[nH]c1=O. The molecule has 2 rings (SSSR count). The zero-order chi connectivity index (χ0) is 13.0. The number of nitrogens with zero attached hydrogens (tertiary/aromatic N) is 2. The Hall–Kier alpha value is -1.60. The maximum Gasteiger partial charge on any atom is 0.329 e. The minimum Gasteiger partial charge on any atom is -0.370 e. The van der Waals surface area contributed by atoms with Crippen LogP contribution in [0.3, 0.4) is 0 Å². The first-order chi connectivity index (χ1) is 8.66. The second kappa shape index (κ2) is 5.83. The first-order valence-electron chi connectivity index (χ1n) is 6.14. The fourth-order valence-corrected chi connectivity index (χ4v) is 1.93. The van der Waals surface area contributed by atoms with Gasteiger partial charge in [-0.3, -0.25) is 19.2 Å². The van der Waals surface area contributed by atoms with Crippen LogP contribution in [0.15, 0.2) is 15.7 Å². The highest BCUT2D eigenvalue weighted by molar-refractivity contribution is 5.31. The lowest BCUT2D eigenvalue weighted by atomic mass is 10.3. The van der Waals surface area contributed by atoms with Gasteiger partial charge < -0.3 is 10.6 Å². The third-order valence-corrected chi connectivity index (χ3v) is 3.10. The van der Waals surface area contributed by atoms with Gasteiger partial charge in [0.25, 0.3) is 5.56 Å². The quantitative estimate of drug-likeness (QED) is 0.601. The van der Waals surface area contributed by atoms with Crippen molar-refractivity contribution in [3.8, 4) is 0 Å². The summed E-state index contributed by atoms with van der Waals surface area (Å²) in [6.45, 7) is 5.72. The largest absolute Gasteiger partial charge is 0.370 e.